The van der Waals surface area contributed by atoms with Gasteiger partial charge in [-0.2, -0.15) is 8.78 Å². The zero-order chi connectivity index (χ0) is 23.4. The zero-order valence-electron chi connectivity index (χ0n) is 18.0. The Kier molecular flexibility index (Phi) is 4.84. The number of rotatable bonds is 3. The summed E-state index contributed by atoms with van der Waals surface area (Å²) in [5, 5.41) is 0. The average Bonchev–Trinajstić information content (AvgIpc) is 3.33. The van der Waals surface area contributed by atoms with E-state index in [2.05, 4.69) is 14.7 Å². The molecule has 34 heavy (non-hydrogen) atoms. The van der Waals surface area contributed by atoms with Crippen LogP contribution in [0.3, 0.4) is 0 Å². The molecular weight excluding hydrogens is 444 g/mol. The van der Waals surface area contributed by atoms with Crippen molar-refractivity contribution in [2.24, 2.45) is 0 Å². The molecule has 1 fully saturated rings. The number of benzene rings is 2. The highest BCUT2D eigenvalue weighted by molar-refractivity contribution is 5.98. The van der Waals surface area contributed by atoms with Gasteiger partial charge in [-0.3, -0.25) is 9.20 Å². The Balaban J connectivity index is 1.39. The van der Waals surface area contributed by atoms with E-state index in [4.69, 9.17) is 10.5 Å². The van der Waals surface area contributed by atoms with Crippen molar-refractivity contribution in [1.82, 2.24) is 19.3 Å². The Hall–Kier alpha value is -3.79. The van der Waals surface area contributed by atoms with Crippen LogP contribution in [0.2, 0.25) is 0 Å². The molecule has 174 valence electrons. The maximum absolute atomic E-state index is 13.7. The van der Waals surface area contributed by atoms with E-state index in [1.807, 2.05) is 9.30 Å². The maximum atomic E-state index is 13.7. The van der Waals surface area contributed by atoms with Crippen LogP contribution in [0.15, 0.2) is 48.9 Å². The number of imidazole rings is 1. The molecule has 0 radical (unpaired) electrons. The van der Waals surface area contributed by atoms with Gasteiger partial charge in [-0.05, 0) is 54.3 Å². The van der Waals surface area contributed by atoms with Gasteiger partial charge in [0.25, 0.3) is 5.91 Å². The second kappa shape index (κ2) is 7.91. The molecule has 6 rings (SSSR count). The number of anilines is 1. The number of aromatic nitrogens is 3. The second-order valence-corrected chi connectivity index (χ2v) is 8.52. The smallest absolute Gasteiger partial charge is 0.387 e. The van der Waals surface area contributed by atoms with Gasteiger partial charge in [0.2, 0.25) is 0 Å². The molecule has 8 nitrogen and oxygen atoms in total. The van der Waals surface area contributed by atoms with Crippen molar-refractivity contribution in [3.63, 3.8) is 0 Å². The van der Waals surface area contributed by atoms with Gasteiger partial charge >= 0.3 is 6.61 Å². The Labute approximate surface area is 192 Å². The minimum absolute atomic E-state index is 0.0788. The summed E-state index contributed by atoms with van der Waals surface area (Å²) in [4.78, 5) is 24.1. The molecule has 1 unspecified atom stereocenters. The molecule has 0 bridgehead atoms. The lowest BCUT2D eigenvalue weighted by Crippen LogP contribution is -2.48. The van der Waals surface area contributed by atoms with Crippen molar-refractivity contribution in [3.05, 3.63) is 65.6 Å². The van der Waals surface area contributed by atoms with Crippen LogP contribution >= 0.6 is 0 Å². The molecule has 4 heterocycles. The number of carbonyl (C=O) groups is 1. The molecule has 2 N–H and O–H groups in total. The van der Waals surface area contributed by atoms with E-state index in [-0.39, 0.29) is 23.8 Å². The molecule has 2 aliphatic rings. The third-order valence-corrected chi connectivity index (χ3v) is 6.57. The molecule has 1 saturated heterocycles. The first-order valence-corrected chi connectivity index (χ1v) is 11.0. The normalized spacial score (nSPS) is 19.9. The van der Waals surface area contributed by atoms with Crippen molar-refractivity contribution in [1.29, 1.82) is 0 Å². The van der Waals surface area contributed by atoms with Crippen molar-refractivity contribution in [2.75, 3.05) is 12.3 Å². The summed E-state index contributed by atoms with van der Waals surface area (Å²) >= 11 is 0. The van der Waals surface area contributed by atoms with E-state index in [0.717, 1.165) is 29.5 Å². The summed E-state index contributed by atoms with van der Waals surface area (Å²) in [5.41, 5.74) is 10.3. The van der Waals surface area contributed by atoms with E-state index in [1.165, 1.54) is 6.07 Å². The minimum atomic E-state index is -2.90. The number of alkyl halides is 2. The average molecular weight is 465 g/mol. The number of piperidine rings is 1. The number of likely N-dealkylation sites (tertiary alicyclic amines) is 1. The molecule has 2 aliphatic heterocycles. The van der Waals surface area contributed by atoms with Crippen LogP contribution < -0.4 is 10.5 Å². The predicted molar refractivity (Wildman–Crippen MR) is 120 cm³/mol. The first kappa shape index (κ1) is 20.8. The molecule has 0 aliphatic carbocycles. The highest BCUT2D eigenvalue weighted by atomic mass is 19.3. The highest BCUT2D eigenvalue weighted by Crippen LogP contribution is 2.41. The van der Waals surface area contributed by atoms with Crippen LogP contribution in [-0.4, -0.2) is 44.4 Å². The van der Waals surface area contributed by atoms with E-state index >= 15 is 0 Å². The molecule has 4 aromatic rings. The summed E-state index contributed by atoms with van der Waals surface area (Å²) in [7, 11) is 0. The van der Waals surface area contributed by atoms with E-state index in [1.54, 1.807) is 42.9 Å². The zero-order valence-corrected chi connectivity index (χ0v) is 18.0. The van der Waals surface area contributed by atoms with Crippen molar-refractivity contribution in [3.8, 4) is 5.75 Å². The topological polar surface area (TPSA) is 95.0 Å². The molecule has 10 heteroatoms. The number of halogens is 2. The second-order valence-electron chi connectivity index (χ2n) is 8.52. The van der Waals surface area contributed by atoms with Gasteiger partial charge in [-0.15, -0.1) is 0 Å². The first-order chi connectivity index (χ1) is 16.5. The lowest BCUT2D eigenvalue weighted by Gasteiger charge is -2.44. The molecule has 1 amide bonds. The third-order valence-electron chi connectivity index (χ3n) is 6.57. The first-order valence-electron chi connectivity index (χ1n) is 11.0. The van der Waals surface area contributed by atoms with Crippen LogP contribution in [0.25, 0.3) is 16.6 Å². The van der Waals surface area contributed by atoms with Gasteiger partial charge in [-0.1, -0.05) is 6.07 Å². The number of amides is 1. The van der Waals surface area contributed by atoms with Crippen LogP contribution in [-0.2, 0) is 11.3 Å². The number of fused-ring (bicyclic) bond motifs is 6. The number of nitrogen functional groups attached to an aromatic ring is 1. The minimum Gasteiger partial charge on any atom is -0.435 e. The van der Waals surface area contributed by atoms with E-state index < -0.39 is 6.61 Å². The Bertz CT molecular complexity index is 1420. The lowest BCUT2D eigenvalue weighted by molar-refractivity contribution is -0.0590. The summed E-state index contributed by atoms with van der Waals surface area (Å²) < 4.78 is 37.7. The molecular formula is C24H21F2N5O3. The van der Waals surface area contributed by atoms with Crippen LogP contribution in [0.5, 0.6) is 5.75 Å². The van der Waals surface area contributed by atoms with Crippen LogP contribution in [0.4, 0.5) is 14.6 Å². The predicted octanol–water partition coefficient (Wildman–Crippen LogP) is 3.94. The summed E-state index contributed by atoms with van der Waals surface area (Å²) in [5.74, 6) is 0.315. The fourth-order valence-electron chi connectivity index (χ4n) is 5.07. The Morgan fingerprint density at radius 3 is 2.94 bits per heavy atom. The van der Waals surface area contributed by atoms with Crippen molar-refractivity contribution in [2.45, 2.75) is 38.2 Å². The number of nitrogens with zero attached hydrogens (tertiary/aromatic N) is 4. The number of ether oxygens (including phenoxy) is 2. The Morgan fingerprint density at radius 2 is 2.09 bits per heavy atom. The summed E-state index contributed by atoms with van der Waals surface area (Å²) in [6.07, 6.45) is 4.75. The fourth-order valence-corrected chi connectivity index (χ4v) is 5.07. The monoisotopic (exact) mass is 465 g/mol. The fraction of sp³-hybridized carbons (Fsp3) is 0.292. The molecule has 0 spiro atoms. The van der Waals surface area contributed by atoms with Gasteiger partial charge in [0.1, 0.15) is 17.1 Å². The van der Waals surface area contributed by atoms with Gasteiger partial charge in [-0.25, -0.2) is 9.97 Å². The van der Waals surface area contributed by atoms with Gasteiger partial charge < -0.3 is 20.1 Å². The van der Waals surface area contributed by atoms with Crippen LogP contribution in [0.1, 0.15) is 40.4 Å². The molecule has 0 saturated carbocycles. The standard InChI is InChI=1S/C24H21F2N5O3/c25-24(26)34-15-4-5-16-14(8-15)11-33-20-2-1-7-30(21(16)20)23(32)13-3-6-17-18(9-13)31-12-28-10-19(31)22(27)29-17/h3-6,8-10,12,20-21,24H,1-2,7,11H2,(H2,27,29)/t20?,21-/m0/s1. The largest absolute Gasteiger partial charge is 0.435 e. The Morgan fingerprint density at radius 1 is 1.21 bits per heavy atom. The van der Waals surface area contributed by atoms with Crippen molar-refractivity contribution < 1.29 is 23.0 Å². The quantitative estimate of drug-likeness (QED) is 0.493. The van der Waals surface area contributed by atoms with Gasteiger partial charge in [0.15, 0.2) is 0 Å². The summed E-state index contributed by atoms with van der Waals surface area (Å²) in [6, 6.07) is 9.86. The molecule has 2 aromatic carbocycles. The number of hydrogen-bond donors (Lipinski definition) is 1. The SMILES string of the molecule is Nc1nc2ccc(C(=O)N3CCCC4OCc5cc(OC(F)F)ccc5[C@@H]43)cc2n2cncc12. The molecule has 2 atom stereocenters. The third kappa shape index (κ3) is 3.33. The molecule has 2 aromatic heterocycles. The maximum Gasteiger partial charge on any atom is 0.387 e. The van der Waals surface area contributed by atoms with E-state index in [0.29, 0.717) is 35.6 Å². The lowest BCUT2D eigenvalue weighted by atomic mass is 9.87. The number of carbonyl (C=O) groups excluding carboxylic acids is 1. The summed E-state index contributed by atoms with van der Waals surface area (Å²) in [6.45, 7) is -2.04. The van der Waals surface area contributed by atoms with Crippen molar-refractivity contribution >= 4 is 28.3 Å². The van der Waals surface area contributed by atoms with E-state index in [9.17, 15) is 13.6 Å². The number of nitrogens with two attached hydrogens (primary N) is 1. The highest BCUT2D eigenvalue weighted by Gasteiger charge is 2.40. The van der Waals surface area contributed by atoms with Gasteiger partial charge in [0, 0.05) is 12.1 Å². The number of hydrogen-bond acceptors (Lipinski definition) is 6. The van der Waals surface area contributed by atoms with Gasteiger partial charge in [0.05, 0.1) is 42.3 Å². The van der Waals surface area contributed by atoms with Crippen LogP contribution in [0, 0.1) is 0 Å².